The summed E-state index contributed by atoms with van der Waals surface area (Å²) < 4.78 is 11.1. The highest BCUT2D eigenvalue weighted by Crippen LogP contribution is 2.27. The van der Waals surface area contributed by atoms with Crippen molar-refractivity contribution >= 4 is 39.9 Å². The minimum atomic E-state index is -0.296. The van der Waals surface area contributed by atoms with Crippen LogP contribution in [0.2, 0.25) is 10.0 Å². The van der Waals surface area contributed by atoms with Crippen molar-refractivity contribution < 1.29 is 14.3 Å². The molecular weight excluding hydrogens is 397 g/mol. The van der Waals surface area contributed by atoms with E-state index in [-0.39, 0.29) is 25.7 Å². The van der Waals surface area contributed by atoms with Crippen molar-refractivity contribution in [2.45, 2.75) is 0 Å². The standard InChI is InChI=1S/C22H17Cl2NO3/c23-17-10-11-21(19(24)14-17)28-15-22(26)25-12-3-4-13-27-20-9-5-7-16-6-1-2-8-18(16)20/h1-2,5-11,14H,12-13,15H2,(H,25,26). The summed E-state index contributed by atoms with van der Waals surface area (Å²) in [6.45, 7) is 0.283. The Labute approximate surface area is 173 Å². The van der Waals surface area contributed by atoms with Gasteiger partial charge in [0.15, 0.2) is 6.61 Å². The van der Waals surface area contributed by atoms with Gasteiger partial charge >= 0.3 is 0 Å². The predicted octanol–water partition coefficient (Wildman–Crippen LogP) is 4.72. The molecule has 0 spiro atoms. The molecule has 4 nitrogen and oxygen atoms in total. The molecule has 0 heterocycles. The van der Waals surface area contributed by atoms with Gasteiger partial charge in [0.1, 0.15) is 18.1 Å². The van der Waals surface area contributed by atoms with Gasteiger partial charge in [-0.05, 0) is 29.7 Å². The van der Waals surface area contributed by atoms with Gasteiger partial charge < -0.3 is 14.8 Å². The van der Waals surface area contributed by atoms with E-state index in [0.29, 0.717) is 15.8 Å². The van der Waals surface area contributed by atoms with E-state index in [1.54, 1.807) is 18.2 Å². The highest BCUT2D eigenvalue weighted by molar-refractivity contribution is 6.35. The smallest absolute Gasteiger partial charge is 0.258 e. The average molecular weight is 414 g/mol. The van der Waals surface area contributed by atoms with Crippen LogP contribution in [0.25, 0.3) is 10.8 Å². The Morgan fingerprint density at radius 2 is 1.75 bits per heavy atom. The maximum atomic E-state index is 11.8. The lowest BCUT2D eigenvalue weighted by molar-refractivity contribution is -0.122. The van der Waals surface area contributed by atoms with Crippen LogP contribution < -0.4 is 14.8 Å². The maximum Gasteiger partial charge on any atom is 0.258 e. The van der Waals surface area contributed by atoms with Crippen LogP contribution in [0.15, 0.2) is 60.7 Å². The van der Waals surface area contributed by atoms with E-state index in [2.05, 4.69) is 17.2 Å². The zero-order valence-electron chi connectivity index (χ0n) is 14.9. The number of hydrogen-bond acceptors (Lipinski definition) is 3. The molecule has 0 atom stereocenters. The summed E-state index contributed by atoms with van der Waals surface area (Å²) in [6, 6.07) is 18.7. The number of hydrogen-bond donors (Lipinski definition) is 1. The van der Waals surface area contributed by atoms with E-state index in [9.17, 15) is 4.79 Å². The molecule has 0 fully saturated rings. The van der Waals surface area contributed by atoms with Crippen molar-refractivity contribution in [3.8, 4) is 23.3 Å². The van der Waals surface area contributed by atoms with Gasteiger partial charge in [-0.25, -0.2) is 0 Å². The van der Waals surface area contributed by atoms with Crippen LogP contribution in [0.5, 0.6) is 11.5 Å². The molecule has 142 valence electrons. The topological polar surface area (TPSA) is 47.6 Å². The Kier molecular flexibility index (Phi) is 7.02. The van der Waals surface area contributed by atoms with Gasteiger partial charge in [-0.2, -0.15) is 0 Å². The first-order valence-corrected chi connectivity index (χ1v) is 9.30. The van der Waals surface area contributed by atoms with Crippen molar-refractivity contribution in [3.05, 3.63) is 70.7 Å². The second-order valence-electron chi connectivity index (χ2n) is 5.76. The van der Waals surface area contributed by atoms with Crippen LogP contribution in [-0.2, 0) is 4.79 Å². The van der Waals surface area contributed by atoms with Gasteiger partial charge in [-0.1, -0.05) is 71.4 Å². The van der Waals surface area contributed by atoms with E-state index in [1.165, 1.54) is 0 Å². The van der Waals surface area contributed by atoms with E-state index in [4.69, 9.17) is 32.7 Å². The third-order valence-corrected chi connectivity index (χ3v) is 4.33. The number of fused-ring (bicyclic) bond motifs is 1. The third-order valence-electron chi connectivity index (χ3n) is 3.80. The first-order valence-electron chi connectivity index (χ1n) is 8.54. The number of ether oxygens (including phenoxy) is 2. The zero-order chi connectivity index (χ0) is 19.8. The van der Waals surface area contributed by atoms with Crippen LogP contribution in [0.4, 0.5) is 0 Å². The summed E-state index contributed by atoms with van der Waals surface area (Å²) in [5.41, 5.74) is 0. The minimum absolute atomic E-state index is 0.157. The highest BCUT2D eigenvalue weighted by atomic mass is 35.5. The Hall–Kier alpha value is -2.87. The minimum Gasteiger partial charge on any atom is -0.482 e. The van der Waals surface area contributed by atoms with E-state index >= 15 is 0 Å². The summed E-state index contributed by atoms with van der Waals surface area (Å²) in [5.74, 6) is 6.61. The molecule has 0 unspecified atom stereocenters. The molecule has 28 heavy (non-hydrogen) atoms. The largest absolute Gasteiger partial charge is 0.482 e. The van der Waals surface area contributed by atoms with Crippen molar-refractivity contribution in [1.82, 2.24) is 5.32 Å². The van der Waals surface area contributed by atoms with Gasteiger partial charge in [0, 0.05) is 10.4 Å². The van der Waals surface area contributed by atoms with E-state index in [1.807, 2.05) is 42.5 Å². The van der Waals surface area contributed by atoms with Crippen LogP contribution in [0.1, 0.15) is 0 Å². The Morgan fingerprint density at radius 3 is 2.61 bits per heavy atom. The summed E-state index contributed by atoms with van der Waals surface area (Å²) in [5, 5.41) is 5.66. The fourth-order valence-electron chi connectivity index (χ4n) is 2.48. The first-order chi connectivity index (χ1) is 13.6. The number of carbonyl (C=O) groups excluding carboxylic acids is 1. The molecule has 0 aliphatic rings. The van der Waals surface area contributed by atoms with Crippen LogP contribution in [-0.4, -0.2) is 25.7 Å². The fourth-order valence-corrected chi connectivity index (χ4v) is 2.94. The SMILES string of the molecule is O=C(COc1ccc(Cl)cc1Cl)NCC#CCOc1cccc2ccccc12. The quantitative estimate of drug-likeness (QED) is 0.594. The van der Waals surface area contributed by atoms with Gasteiger partial charge in [-0.3, -0.25) is 4.79 Å². The van der Waals surface area contributed by atoms with Gasteiger partial charge in [0.25, 0.3) is 5.91 Å². The lowest BCUT2D eigenvalue weighted by Gasteiger charge is -2.07. The summed E-state index contributed by atoms with van der Waals surface area (Å²) >= 11 is 11.8. The molecular formula is C22H17Cl2NO3. The summed E-state index contributed by atoms with van der Waals surface area (Å²) in [4.78, 5) is 11.8. The number of halogens is 2. The molecule has 3 aromatic rings. The molecule has 0 bridgehead atoms. The Morgan fingerprint density at radius 1 is 0.929 bits per heavy atom. The lowest BCUT2D eigenvalue weighted by atomic mass is 10.1. The average Bonchev–Trinajstić information content (AvgIpc) is 2.70. The molecule has 1 N–H and O–H groups in total. The fraction of sp³-hybridized carbons (Fsp3) is 0.136. The number of carbonyl (C=O) groups is 1. The highest BCUT2D eigenvalue weighted by Gasteiger charge is 2.05. The normalized spacial score (nSPS) is 10.1. The van der Waals surface area contributed by atoms with Gasteiger partial charge in [-0.15, -0.1) is 0 Å². The third kappa shape index (κ3) is 5.56. The first kappa shape index (κ1) is 19.9. The number of nitrogens with one attached hydrogen (secondary N) is 1. The van der Waals surface area contributed by atoms with Crippen molar-refractivity contribution in [2.24, 2.45) is 0 Å². The lowest BCUT2D eigenvalue weighted by Crippen LogP contribution is -2.29. The molecule has 0 aliphatic carbocycles. The molecule has 0 radical (unpaired) electrons. The molecule has 0 aromatic heterocycles. The van der Waals surface area contributed by atoms with E-state index < -0.39 is 0 Å². The molecule has 3 aromatic carbocycles. The van der Waals surface area contributed by atoms with Crippen LogP contribution in [0.3, 0.4) is 0 Å². The summed E-state index contributed by atoms with van der Waals surface area (Å²) in [7, 11) is 0. The van der Waals surface area contributed by atoms with Crippen molar-refractivity contribution in [1.29, 1.82) is 0 Å². The second kappa shape index (κ2) is 9.89. The van der Waals surface area contributed by atoms with E-state index in [0.717, 1.165) is 16.5 Å². The predicted molar refractivity (Wildman–Crippen MR) is 112 cm³/mol. The van der Waals surface area contributed by atoms with Crippen LogP contribution in [0, 0.1) is 11.8 Å². The summed E-state index contributed by atoms with van der Waals surface area (Å²) in [6.07, 6.45) is 0. The van der Waals surface area contributed by atoms with Gasteiger partial charge in [0.2, 0.25) is 0 Å². The molecule has 6 heteroatoms. The molecule has 1 amide bonds. The number of amides is 1. The van der Waals surface area contributed by atoms with Gasteiger partial charge in [0.05, 0.1) is 11.6 Å². The van der Waals surface area contributed by atoms with Crippen LogP contribution >= 0.6 is 23.2 Å². The Balaban J connectivity index is 1.40. The molecule has 0 saturated heterocycles. The molecule has 0 saturated carbocycles. The monoisotopic (exact) mass is 413 g/mol. The second-order valence-corrected chi connectivity index (χ2v) is 6.60. The number of benzene rings is 3. The molecule has 0 aliphatic heterocycles. The van der Waals surface area contributed by atoms with Crippen molar-refractivity contribution in [2.75, 3.05) is 19.8 Å². The molecule has 3 rings (SSSR count). The maximum absolute atomic E-state index is 11.8. The number of rotatable bonds is 6. The van der Waals surface area contributed by atoms with Crippen molar-refractivity contribution in [3.63, 3.8) is 0 Å². The zero-order valence-corrected chi connectivity index (χ0v) is 16.4. The Bertz CT molecular complexity index is 1040.